The summed E-state index contributed by atoms with van der Waals surface area (Å²) in [6.45, 7) is 6.69. The minimum absolute atomic E-state index is 0.0294. The summed E-state index contributed by atoms with van der Waals surface area (Å²) in [5.41, 5.74) is 0. The number of hydrogen-bond acceptors (Lipinski definition) is 6. The summed E-state index contributed by atoms with van der Waals surface area (Å²) >= 11 is 0. The fourth-order valence-corrected chi connectivity index (χ4v) is 5.27. The molecule has 6 unspecified atom stereocenters. The Bertz CT molecular complexity index is 792. The molecule has 0 aromatic heterocycles. The molecule has 7 nitrogen and oxygen atoms in total. The van der Waals surface area contributed by atoms with Gasteiger partial charge in [-0.15, -0.1) is 0 Å². The number of rotatable bonds is 0. The molecule has 1 amide bonds. The molecule has 3 rings (SSSR count). The number of hydrogen-bond donors (Lipinski definition) is 0. The molecule has 3 aliphatic heterocycles. The van der Waals surface area contributed by atoms with Gasteiger partial charge in [0.1, 0.15) is 17.9 Å². The van der Waals surface area contributed by atoms with Crippen LogP contribution in [0.1, 0.15) is 91.4 Å². The molecular formula is C28H43NO6. The van der Waals surface area contributed by atoms with E-state index in [1.807, 2.05) is 19.9 Å². The minimum atomic E-state index is -0.754. The van der Waals surface area contributed by atoms with Gasteiger partial charge < -0.3 is 14.4 Å². The number of allylic oxidation sites excluding steroid dienone is 2. The van der Waals surface area contributed by atoms with E-state index in [1.165, 1.54) is 4.90 Å². The SMILES string of the molecule is CC1CC=CCC(=O)CCC(C)COC(=O)C2CCCCN2C(=O)C(=O)C2OC(CC1)CCC2C. The van der Waals surface area contributed by atoms with Crippen LogP contribution in [0, 0.1) is 17.8 Å². The zero-order valence-electron chi connectivity index (χ0n) is 21.7. The number of carbonyl (C=O) groups excluding carboxylic acids is 4. The molecular weight excluding hydrogens is 446 g/mol. The second-order valence-electron chi connectivity index (χ2n) is 11.0. The number of amides is 1. The molecule has 35 heavy (non-hydrogen) atoms. The molecule has 3 heterocycles. The third-order valence-corrected chi connectivity index (χ3v) is 7.76. The van der Waals surface area contributed by atoms with E-state index < -0.39 is 29.8 Å². The maximum Gasteiger partial charge on any atom is 0.328 e. The van der Waals surface area contributed by atoms with Gasteiger partial charge in [-0.3, -0.25) is 14.4 Å². The monoisotopic (exact) mass is 489 g/mol. The van der Waals surface area contributed by atoms with Crippen LogP contribution in [0.4, 0.5) is 0 Å². The lowest BCUT2D eigenvalue weighted by Crippen LogP contribution is -2.54. The summed E-state index contributed by atoms with van der Waals surface area (Å²) in [5, 5.41) is 0. The first-order chi connectivity index (χ1) is 16.8. The van der Waals surface area contributed by atoms with Crippen molar-refractivity contribution in [1.82, 2.24) is 4.90 Å². The number of esters is 1. The van der Waals surface area contributed by atoms with Crippen LogP contribution in [0.3, 0.4) is 0 Å². The van der Waals surface area contributed by atoms with E-state index in [2.05, 4.69) is 13.0 Å². The van der Waals surface area contributed by atoms with Gasteiger partial charge in [-0.25, -0.2) is 4.79 Å². The number of fused-ring (bicyclic) bond motifs is 3. The summed E-state index contributed by atoms with van der Waals surface area (Å²) in [6, 6.07) is -0.733. The van der Waals surface area contributed by atoms with Gasteiger partial charge in [0, 0.05) is 19.4 Å². The van der Waals surface area contributed by atoms with Crippen LogP contribution in [0.25, 0.3) is 0 Å². The summed E-state index contributed by atoms with van der Waals surface area (Å²) in [4.78, 5) is 53.1. The molecule has 0 aliphatic carbocycles. The van der Waals surface area contributed by atoms with Gasteiger partial charge in [0.25, 0.3) is 5.91 Å². The Morgan fingerprint density at radius 1 is 0.857 bits per heavy atom. The largest absolute Gasteiger partial charge is 0.464 e. The van der Waals surface area contributed by atoms with E-state index in [-0.39, 0.29) is 30.3 Å². The first-order valence-electron chi connectivity index (χ1n) is 13.6. The van der Waals surface area contributed by atoms with E-state index in [0.29, 0.717) is 38.1 Å². The van der Waals surface area contributed by atoms with Crippen molar-refractivity contribution in [3.8, 4) is 0 Å². The second kappa shape index (κ2) is 13.3. The normalized spacial score (nSPS) is 35.1. The van der Waals surface area contributed by atoms with Crippen molar-refractivity contribution in [2.45, 2.75) is 110 Å². The van der Waals surface area contributed by atoms with E-state index in [1.54, 1.807) is 0 Å². The van der Waals surface area contributed by atoms with Gasteiger partial charge in [-0.05, 0) is 75.5 Å². The molecule has 0 N–H and O–H groups in total. The van der Waals surface area contributed by atoms with E-state index in [0.717, 1.165) is 44.9 Å². The summed E-state index contributed by atoms with van der Waals surface area (Å²) in [6.07, 6.45) is 11.3. The molecule has 0 aromatic carbocycles. The molecule has 6 atom stereocenters. The van der Waals surface area contributed by atoms with E-state index >= 15 is 0 Å². The number of piperidine rings is 1. The molecule has 0 radical (unpaired) electrons. The lowest BCUT2D eigenvalue weighted by atomic mass is 9.87. The van der Waals surface area contributed by atoms with E-state index in [4.69, 9.17) is 9.47 Å². The predicted molar refractivity (Wildman–Crippen MR) is 133 cm³/mol. The van der Waals surface area contributed by atoms with Gasteiger partial charge in [-0.2, -0.15) is 0 Å². The first-order valence-corrected chi connectivity index (χ1v) is 13.6. The Labute approximate surface area is 210 Å². The smallest absolute Gasteiger partial charge is 0.328 e. The Morgan fingerprint density at radius 3 is 2.43 bits per heavy atom. The molecule has 2 fully saturated rings. The third kappa shape index (κ3) is 7.99. The van der Waals surface area contributed by atoms with Gasteiger partial charge >= 0.3 is 5.97 Å². The summed E-state index contributed by atoms with van der Waals surface area (Å²) < 4.78 is 11.7. The Balaban J connectivity index is 1.75. The van der Waals surface area contributed by atoms with Crippen LogP contribution in [-0.2, 0) is 28.7 Å². The van der Waals surface area contributed by atoms with Crippen LogP contribution < -0.4 is 0 Å². The quantitative estimate of drug-likeness (QED) is 0.284. The molecule has 0 spiro atoms. The minimum Gasteiger partial charge on any atom is -0.464 e. The molecule has 0 aromatic rings. The average molecular weight is 490 g/mol. The maximum absolute atomic E-state index is 13.3. The molecule has 2 saturated heterocycles. The zero-order chi connectivity index (χ0) is 25.4. The number of Topliss-reactive ketones (excluding diaryl/α,β-unsaturated/α-hetero) is 2. The van der Waals surface area contributed by atoms with Crippen molar-refractivity contribution < 1.29 is 28.7 Å². The highest BCUT2D eigenvalue weighted by Crippen LogP contribution is 2.30. The number of nitrogens with zero attached hydrogens (tertiary/aromatic N) is 1. The van der Waals surface area contributed by atoms with E-state index in [9.17, 15) is 19.2 Å². The van der Waals surface area contributed by atoms with Gasteiger partial charge in [0.05, 0.1) is 12.7 Å². The van der Waals surface area contributed by atoms with Crippen LogP contribution in [0.5, 0.6) is 0 Å². The highest BCUT2D eigenvalue weighted by molar-refractivity contribution is 6.38. The summed E-state index contributed by atoms with van der Waals surface area (Å²) in [7, 11) is 0. The third-order valence-electron chi connectivity index (χ3n) is 7.76. The molecule has 0 saturated carbocycles. The fraction of sp³-hybridized carbons (Fsp3) is 0.786. The fourth-order valence-electron chi connectivity index (χ4n) is 5.27. The zero-order valence-corrected chi connectivity index (χ0v) is 21.7. The molecule has 196 valence electrons. The average Bonchev–Trinajstić information content (AvgIpc) is 2.86. The maximum atomic E-state index is 13.3. The Morgan fingerprint density at radius 2 is 1.63 bits per heavy atom. The number of ketones is 2. The van der Waals surface area contributed by atoms with Crippen molar-refractivity contribution in [2.75, 3.05) is 13.2 Å². The van der Waals surface area contributed by atoms with Crippen LogP contribution in [-0.4, -0.2) is 59.7 Å². The van der Waals surface area contributed by atoms with Crippen molar-refractivity contribution in [3.63, 3.8) is 0 Å². The van der Waals surface area contributed by atoms with Crippen molar-refractivity contribution in [1.29, 1.82) is 0 Å². The number of carbonyl (C=O) groups is 4. The molecule has 2 bridgehead atoms. The highest BCUT2D eigenvalue weighted by atomic mass is 16.5. The first kappa shape index (κ1) is 27.6. The summed E-state index contributed by atoms with van der Waals surface area (Å²) in [5.74, 6) is -0.949. The standard InChI is InChI=1S/C28H43NO6/c1-19-8-4-5-9-22(30)14-11-20(2)18-34-28(33)24-10-6-7-17-29(24)27(32)25(31)26-21(3)13-16-23(35-26)15-12-19/h4-5,19-21,23-24,26H,6-18H2,1-3H3. The van der Waals surface area contributed by atoms with Gasteiger partial charge in [0.15, 0.2) is 0 Å². The number of cyclic esters (lactones) is 1. The highest BCUT2D eigenvalue weighted by Gasteiger charge is 2.42. The molecule has 7 heteroatoms. The number of ether oxygens (including phenoxy) is 2. The Kier molecular flexibility index (Phi) is 10.5. The van der Waals surface area contributed by atoms with Crippen molar-refractivity contribution in [3.05, 3.63) is 12.2 Å². The Hall–Kier alpha value is -2.02. The van der Waals surface area contributed by atoms with Crippen LogP contribution >= 0.6 is 0 Å². The van der Waals surface area contributed by atoms with Gasteiger partial charge in [-0.1, -0.05) is 32.9 Å². The van der Waals surface area contributed by atoms with Crippen molar-refractivity contribution >= 4 is 23.4 Å². The van der Waals surface area contributed by atoms with Crippen LogP contribution in [0.2, 0.25) is 0 Å². The predicted octanol–water partition coefficient (Wildman–Crippen LogP) is 4.42. The molecule has 3 aliphatic rings. The van der Waals surface area contributed by atoms with Gasteiger partial charge in [0.2, 0.25) is 5.78 Å². The van der Waals surface area contributed by atoms with Crippen LogP contribution in [0.15, 0.2) is 12.2 Å². The lowest BCUT2D eigenvalue weighted by molar-refractivity contribution is -0.166. The second-order valence-corrected chi connectivity index (χ2v) is 11.0. The topological polar surface area (TPSA) is 90.0 Å². The van der Waals surface area contributed by atoms with Crippen molar-refractivity contribution in [2.24, 2.45) is 17.8 Å². The lowest BCUT2D eigenvalue weighted by Gasteiger charge is -2.37.